The molecule has 2 N–H and O–H groups in total. The summed E-state index contributed by atoms with van der Waals surface area (Å²) in [5, 5.41) is 12.1. The smallest absolute Gasteiger partial charge is 0.322 e. The summed E-state index contributed by atoms with van der Waals surface area (Å²) in [6.07, 6.45) is 0. The molecule has 0 unspecified atom stereocenters. The van der Waals surface area contributed by atoms with Gasteiger partial charge in [0.2, 0.25) is 0 Å². The van der Waals surface area contributed by atoms with Gasteiger partial charge >= 0.3 is 17.8 Å². The molecule has 7 heteroatoms. The molecule has 1 aromatic heterocycles. The first kappa shape index (κ1) is 13.7. The van der Waals surface area contributed by atoms with E-state index >= 15 is 0 Å². The highest BCUT2D eigenvalue weighted by atomic mass is 16.4. The first-order chi connectivity index (χ1) is 9.60. The molecule has 0 saturated carbocycles. The molecule has 1 aromatic carbocycles. The van der Waals surface area contributed by atoms with Gasteiger partial charge in [-0.2, -0.15) is 0 Å². The minimum Gasteiger partial charge on any atom is -0.399 e. The Labute approximate surface area is 115 Å². The largest absolute Gasteiger partial charge is 0.399 e. The van der Waals surface area contributed by atoms with Crippen LogP contribution in [0.5, 0.6) is 0 Å². The number of amides is 2. The predicted molar refractivity (Wildman–Crippen MR) is 71.4 cm³/mol. The van der Waals surface area contributed by atoms with Crippen LogP contribution in [-0.4, -0.2) is 28.6 Å². The molecule has 2 amide bonds. The van der Waals surface area contributed by atoms with Crippen molar-refractivity contribution in [3.05, 3.63) is 41.3 Å². The summed E-state index contributed by atoms with van der Waals surface area (Å²) in [5.74, 6) is -1.04. The zero-order valence-corrected chi connectivity index (χ0v) is 11.1. The number of rotatable bonds is 4. The third kappa shape index (κ3) is 3.19. The summed E-state index contributed by atoms with van der Waals surface area (Å²) in [4.78, 5) is 23.3. The number of nitrogens with one attached hydrogen (secondary N) is 2. The topological polar surface area (TPSA) is 97.1 Å². The molecule has 0 aliphatic rings. The number of hydrogen-bond acceptors (Lipinski definition) is 5. The van der Waals surface area contributed by atoms with Crippen LogP contribution in [0.3, 0.4) is 0 Å². The van der Waals surface area contributed by atoms with E-state index in [2.05, 4.69) is 20.8 Å². The van der Waals surface area contributed by atoms with Gasteiger partial charge in [0.1, 0.15) is 0 Å². The van der Waals surface area contributed by atoms with E-state index < -0.39 is 5.91 Å². The highest BCUT2D eigenvalue weighted by molar-refractivity contribution is 6.03. The SMILES string of the molecule is CCNC(=O)c1nnc(NC(=O)c2ccc(C)cc2)o1. The quantitative estimate of drug-likeness (QED) is 0.877. The summed E-state index contributed by atoms with van der Waals surface area (Å²) >= 11 is 0. The van der Waals surface area contributed by atoms with Crippen LogP contribution in [-0.2, 0) is 0 Å². The minimum atomic E-state index is -0.476. The van der Waals surface area contributed by atoms with E-state index in [1.54, 1.807) is 19.1 Å². The fourth-order valence-electron chi connectivity index (χ4n) is 1.48. The van der Waals surface area contributed by atoms with E-state index in [0.717, 1.165) is 5.56 Å². The monoisotopic (exact) mass is 274 g/mol. The Bertz CT molecular complexity index is 619. The van der Waals surface area contributed by atoms with E-state index in [-0.39, 0.29) is 17.8 Å². The van der Waals surface area contributed by atoms with Crippen LogP contribution < -0.4 is 10.6 Å². The molecule has 0 saturated heterocycles. The Balaban J connectivity index is 2.05. The standard InChI is InChI=1S/C13H14N4O3/c1-3-14-11(19)12-16-17-13(20-12)15-10(18)9-6-4-8(2)5-7-9/h4-7H,3H2,1-2H3,(H,14,19)(H,15,17,18). The van der Waals surface area contributed by atoms with Crippen LogP contribution in [0.25, 0.3) is 0 Å². The van der Waals surface area contributed by atoms with Crippen LogP contribution in [0, 0.1) is 6.92 Å². The molecule has 2 rings (SSSR count). The molecular formula is C13H14N4O3. The lowest BCUT2D eigenvalue weighted by Gasteiger charge is -2.00. The van der Waals surface area contributed by atoms with Gasteiger partial charge in [-0.25, -0.2) is 0 Å². The number of anilines is 1. The Morgan fingerprint density at radius 2 is 1.85 bits per heavy atom. The summed E-state index contributed by atoms with van der Waals surface area (Å²) in [5.41, 5.74) is 1.52. The van der Waals surface area contributed by atoms with Crippen molar-refractivity contribution in [3.8, 4) is 0 Å². The molecular weight excluding hydrogens is 260 g/mol. The molecule has 0 atom stereocenters. The van der Waals surface area contributed by atoms with Crippen LogP contribution in [0.2, 0.25) is 0 Å². The third-order valence-electron chi connectivity index (χ3n) is 2.49. The summed E-state index contributed by atoms with van der Waals surface area (Å²) in [7, 11) is 0. The van der Waals surface area contributed by atoms with Gasteiger partial charge in [0.05, 0.1) is 0 Å². The maximum absolute atomic E-state index is 11.9. The van der Waals surface area contributed by atoms with Gasteiger partial charge < -0.3 is 9.73 Å². The zero-order chi connectivity index (χ0) is 14.5. The van der Waals surface area contributed by atoms with Crippen molar-refractivity contribution in [2.24, 2.45) is 0 Å². The Morgan fingerprint density at radius 3 is 2.50 bits per heavy atom. The van der Waals surface area contributed by atoms with Crippen molar-refractivity contribution in [1.82, 2.24) is 15.5 Å². The van der Waals surface area contributed by atoms with Gasteiger partial charge in [-0.1, -0.05) is 22.8 Å². The molecule has 0 radical (unpaired) electrons. The minimum absolute atomic E-state index is 0.114. The lowest BCUT2D eigenvalue weighted by atomic mass is 10.1. The molecule has 0 aliphatic heterocycles. The van der Waals surface area contributed by atoms with E-state index in [1.165, 1.54) is 0 Å². The molecule has 0 aliphatic carbocycles. The molecule has 7 nitrogen and oxygen atoms in total. The van der Waals surface area contributed by atoms with Crippen molar-refractivity contribution in [3.63, 3.8) is 0 Å². The summed E-state index contributed by atoms with van der Waals surface area (Å²) in [6.45, 7) is 4.15. The van der Waals surface area contributed by atoms with Crippen molar-refractivity contribution >= 4 is 17.8 Å². The van der Waals surface area contributed by atoms with Gasteiger partial charge in [-0.05, 0) is 26.0 Å². The number of carbonyl (C=O) groups is 2. The summed E-state index contributed by atoms with van der Waals surface area (Å²) < 4.78 is 5.05. The maximum Gasteiger partial charge on any atom is 0.322 e. The summed E-state index contributed by atoms with van der Waals surface area (Å²) in [6, 6.07) is 6.90. The Hall–Kier alpha value is -2.70. The van der Waals surface area contributed by atoms with Crippen molar-refractivity contribution in [1.29, 1.82) is 0 Å². The highest BCUT2D eigenvalue weighted by Crippen LogP contribution is 2.09. The number of nitrogens with zero attached hydrogens (tertiary/aromatic N) is 2. The average molecular weight is 274 g/mol. The second-order valence-corrected chi connectivity index (χ2v) is 4.09. The number of aryl methyl sites for hydroxylation is 1. The number of carbonyl (C=O) groups excluding carboxylic acids is 2. The molecule has 0 fully saturated rings. The second kappa shape index (κ2) is 5.96. The molecule has 0 spiro atoms. The number of aromatic nitrogens is 2. The lowest BCUT2D eigenvalue weighted by molar-refractivity contribution is 0.0919. The molecule has 2 aromatic rings. The van der Waals surface area contributed by atoms with Gasteiger partial charge in [-0.15, -0.1) is 5.10 Å². The fraction of sp³-hybridized carbons (Fsp3) is 0.231. The van der Waals surface area contributed by atoms with Gasteiger partial charge in [0, 0.05) is 12.1 Å². The van der Waals surface area contributed by atoms with Crippen LogP contribution >= 0.6 is 0 Å². The lowest BCUT2D eigenvalue weighted by Crippen LogP contribution is -2.22. The average Bonchev–Trinajstić information content (AvgIpc) is 2.88. The number of benzene rings is 1. The van der Waals surface area contributed by atoms with E-state index in [4.69, 9.17) is 4.42 Å². The van der Waals surface area contributed by atoms with E-state index in [9.17, 15) is 9.59 Å². The van der Waals surface area contributed by atoms with Crippen molar-refractivity contribution in [2.45, 2.75) is 13.8 Å². The highest BCUT2D eigenvalue weighted by Gasteiger charge is 2.15. The van der Waals surface area contributed by atoms with Crippen LogP contribution in [0.1, 0.15) is 33.5 Å². The van der Waals surface area contributed by atoms with Crippen molar-refractivity contribution < 1.29 is 14.0 Å². The van der Waals surface area contributed by atoms with Gasteiger partial charge in [0.15, 0.2) is 0 Å². The van der Waals surface area contributed by atoms with E-state index in [0.29, 0.717) is 12.1 Å². The van der Waals surface area contributed by atoms with E-state index in [1.807, 2.05) is 19.1 Å². The van der Waals surface area contributed by atoms with Crippen molar-refractivity contribution in [2.75, 3.05) is 11.9 Å². The molecule has 20 heavy (non-hydrogen) atoms. The van der Waals surface area contributed by atoms with Crippen LogP contribution in [0.15, 0.2) is 28.7 Å². The number of hydrogen-bond donors (Lipinski definition) is 2. The van der Waals surface area contributed by atoms with Gasteiger partial charge in [-0.3, -0.25) is 14.9 Å². The molecule has 104 valence electrons. The second-order valence-electron chi connectivity index (χ2n) is 4.09. The Morgan fingerprint density at radius 1 is 1.15 bits per heavy atom. The predicted octanol–water partition coefficient (Wildman–Crippen LogP) is 1.38. The molecule has 0 bridgehead atoms. The zero-order valence-electron chi connectivity index (χ0n) is 11.1. The Kier molecular flexibility index (Phi) is 4.09. The van der Waals surface area contributed by atoms with Crippen LogP contribution in [0.4, 0.5) is 6.01 Å². The van der Waals surface area contributed by atoms with Gasteiger partial charge in [0.25, 0.3) is 5.91 Å². The normalized spacial score (nSPS) is 10.1. The molecule has 1 heterocycles. The fourth-order valence-corrected chi connectivity index (χ4v) is 1.48. The first-order valence-corrected chi connectivity index (χ1v) is 6.10. The first-order valence-electron chi connectivity index (χ1n) is 6.10. The third-order valence-corrected chi connectivity index (χ3v) is 2.49. The maximum atomic E-state index is 11.9.